The quantitative estimate of drug-likeness (QED) is 0.679. The maximum Gasteiger partial charge on any atom is -0.870 e. The van der Waals surface area contributed by atoms with E-state index in [0.717, 1.165) is 5.56 Å². The summed E-state index contributed by atoms with van der Waals surface area (Å²) in [6.07, 6.45) is 0. The molecule has 0 aliphatic heterocycles. The van der Waals surface area contributed by atoms with E-state index in [4.69, 9.17) is 7.85 Å². The van der Waals surface area contributed by atoms with Crippen LogP contribution in [-0.2, 0) is 10.0 Å². The first kappa shape index (κ1) is 16.5. The van der Waals surface area contributed by atoms with Crippen molar-refractivity contribution < 1.29 is 19.4 Å². The number of aryl methyl sites for hydroxylation is 1. The summed E-state index contributed by atoms with van der Waals surface area (Å²) in [5.74, 6) is 0. The van der Waals surface area contributed by atoms with Gasteiger partial charge in [0, 0.05) is 0 Å². The SMILES string of the molecule is [B+2]c1ccc(S(=O)(=O)NC)cc1C.[OH-].[OH-]. The largest absolute Gasteiger partial charge is 0.870 e. The first-order chi connectivity index (χ1) is 5.97. The van der Waals surface area contributed by atoms with Crippen LogP contribution < -0.4 is 10.2 Å². The maximum absolute atomic E-state index is 11.3. The molecule has 1 aromatic rings. The zero-order valence-electron chi connectivity index (χ0n) is 8.43. The van der Waals surface area contributed by atoms with E-state index in [1.54, 1.807) is 19.1 Å². The molecule has 0 bridgehead atoms. The van der Waals surface area contributed by atoms with Crippen LogP contribution in [0.15, 0.2) is 23.1 Å². The minimum absolute atomic E-state index is 0. The molecule has 0 spiro atoms. The van der Waals surface area contributed by atoms with Crippen LogP contribution in [0.3, 0.4) is 0 Å². The summed E-state index contributed by atoms with van der Waals surface area (Å²) < 4.78 is 24.9. The molecule has 0 heterocycles. The molecule has 0 saturated carbocycles. The summed E-state index contributed by atoms with van der Waals surface area (Å²) in [5, 5.41) is 0. The molecular formula is C8H12BNO4S. The normalized spacial score (nSPS) is 10.1. The molecule has 1 rings (SSSR count). The standard InChI is InChI=1S/C8H10BNO2S.2H2O/c1-6-5-7(3-4-8(6)9)13(11,12)10-2;;/h3-5,10H,1-2H3;2*1H2/q+2;;/p-2. The first-order valence-corrected chi connectivity index (χ1v) is 5.25. The Balaban J connectivity index is 0. The molecule has 0 aromatic heterocycles. The van der Waals surface area contributed by atoms with Gasteiger partial charge in [-0.25, -0.2) is 0 Å². The van der Waals surface area contributed by atoms with E-state index in [2.05, 4.69) is 4.72 Å². The number of hydrogen-bond donors (Lipinski definition) is 1. The van der Waals surface area contributed by atoms with Gasteiger partial charge >= 0.3 is 79.1 Å². The number of hydrogen-bond acceptors (Lipinski definition) is 4. The molecule has 0 unspecified atom stereocenters. The van der Waals surface area contributed by atoms with Gasteiger partial charge in [-0.3, -0.25) is 0 Å². The van der Waals surface area contributed by atoms with Gasteiger partial charge in [0.2, 0.25) is 0 Å². The van der Waals surface area contributed by atoms with Crippen molar-refractivity contribution >= 4 is 23.3 Å². The molecule has 0 aliphatic rings. The van der Waals surface area contributed by atoms with Crippen LogP contribution in [-0.4, -0.2) is 34.3 Å². The summed E-state index contributed by atoms with van der Waals surface area (Å²) in [4.78, 5) is 0.238. The molecule has 7 heteroatoms. The molecule has 0 atom stereocenters. The van der Waals surface area contributed by atoms with E-state index >= 15 is 0 Å². The molecule has 5 nitrogen and oxygen atoms in total. The Morgan fingerprint density at radius 1 is 1.27 bits per heavy atom. The van der Waals surface area contributed by atoms with Crippen molar-refractivity contribution in [3.8, 4) is 0 Å². The van der Waals surface area contributed by atoms with Gasteiger partial charge in [-0.2, -0.15) is 0 Å². The van der Waals surface area contributed by atoms with Crippen molar-refractivity contribution in [3.05, 3.63) is 23.8 Å². The van der Waals surface area contributed by atoms with Crippen LogP contribution in [0.1, 0.15) is 5.56 Å². The molecule has 0 fully saturated rings. The van der Waals surface area contributed by atoms with Crippen LogP contribution >= 0.6 is 0 Å². The van der Waals surface area contributed by atoms with E-state index in [-0.39, 0.29) is 15.8 Å². The third-order valence-corrected chi connectivity index (χ3v) is 3.23. The molecular weight excluding hydrogens is 217 g/mol. The number of nitrogens with one attached hydrogen (secondary N) is 1. The fourth-order valence-electron chi connectivity index (χ4n) is 0.933. The Bertz CT molecular complexity index is 419. The Morgan fingerprint density at radius 2 is 1.80 bits per heavy atom. The van der Waals surface area contributed by atoms with Crippen LogP contribution in [0.4, 0.5) is 0 Å². The molecule has 0 amide bonds. The molecule has 82 valence electrons. The second-order valence-corrected chi connectivity index (χ2v) is 4.61. The van der Waals surface area contributed by atoms with Crippen molar-refractivity contribution in [2.75, 3.05) is 7.05 Å². The number of rotatable bonds is 2. The van der Waals surface area contributed by atoms with Crippen molar-refractivity contribution in [3.63, 3.8) is 0 Å². The summed E-state index contributed by atoms with van der Waals surface area (Å²) >= 11 is 0. The maximum atomic E-state index is 11.3. The summed E-state index contributed by atoms with van der Waals surface area (Å²) in [6.45, 7) is 1.77. The monoisotopic (exact) mass is 229 g/mol. The first-order valence-electron chi connectivity index (χ1n) is 3.77. The van der Waals surface area contributed by atoms with Gasteiger partial charge in [-0.1, -0.05) is 0 Å². The van der Waals surface area contributed by atoms with Gasteiger partial charge in [-0.15, -0.1) is 0 Å². The van der Waals surface area contributed by atoms with Crippen LogP contribution in [0.2, 0.25) is 0 Å². The summed E-state index contributed by atoms with van der Waals surface area (Å²) in [5.41, 5.74) is 1.35. The van der Waals surface area contributed by atoms with E-state index < -0.39 is 10.0 Å². The third-order valence-electron chi connectivity index (χ3n) is 1.82. The van der Waals surface area contributed by atoms with Gasteiger partial charge < -0.3 is 11.0 Å². The van der Waals surface area contributed by atoms with Crippen molar-refractivity contribution in [2.45, 2.75) is 11.8 Å². The fourth-order valence-corrected chi connectivity index (χ4v) is 1.75. The predicted molar refractivity (Wildman–Crippen MR) is 56.7 cm³/mol. The minimum Gasteiger partial charge on any atom is -0.870 e. The number of benzene rings is 1. The average Bonchev–Trinajstić information content (AvgIpc) is 2.09. The molecule has 15 heavy (non-hydrogen) atoms. The van der Waals surface area contributed by atoms with E-state index in [0.29, 0.717) is 5.46 Å². The zero-order valence-corrected chi connectivity index (χ0v) is 9.25. The van der Waals surface area contributed by atoms with Gasteiger partial charge in [0.25, 0.3) is 0 Å². The minimum atomic E-state index is -3.34. The summed E-state index contributed by atoms with van der Waals surface area (Å²) in [7, 11) is 3.59. The van der Waals surface area contributed by atoms with Gasteiger partial charge in [-0.05, 0) is 0 Å². The smallest absolute Gasteiger partial charge is 0.870 e. The summed E-state index contributed by atoms with van der Waals surface area (Å²) in [6, 6.07) is 4.61. The second kappa shape index (κ2) is 5.87. The van der Waals surface area contributed by atoms with Gasteiger partial charge in [0.15, 0.2) is 0 Å². The fraction of sp³-hybridized carbons (Fsp3) is 0.250. The third kappa shape index (κ3) is 3.63. The van der Waals surface area contributed by atoms with Crippen LogP contribution in [0.25, 0.3) is 0 Å². The predicted octanol–water partition coefficient (Wildman–Crippen LogP) is -0.657. The molecule has 1 aromatic carbocycles. The molecule has 0 aliphatic carbocycles. The van der Waals surface area contributed by atoms with Crippen molar-refractivity contribution in [2.24, 2.45) is 0 Å². The van der Waals surface area contributed by atoms with Crippen LogP contribution in [0, 0.1) is 6.92 Å². The molecule has 0 radical (unpaired) electrons. The Kier molecular flexibility index (Phi) is 6.47. The Labute approximate surface area is 90.6 Å². The van der Waals surface area contributed by atoms with E-state index in [9.17, 15) is 8.42 Å². The Hall–Kier alpha value is -0.885. The number of sulfonamides is 1. The zero-order chi connectivity index (χ0) is 10.1. The van der Waals surface area contributed by atoms with Gasteiger partial charge in [0.1, 0.15) is 0 Å². The second-order valence-electron chi connectivity index (χ2n) is 2.73. The topological polar surface area (TPSA) is 106 Å². The van der Waals surface area contributed by atoms with Crippen molar-refractivity contribution in [1.82, 2.24) is 4.72 Å². The Morgan fingerprint density at radius 3 is 2.20 bits per heavy atom. The van der Waals surface area contributed by atoms with E-state index in [1.807, 2.05) is 0 Å². The van der Waals surface area contributed by atoms with Crippen molar-refractivity contribution in [1.29, 1.82) is 0 Å². The van der Waals surface area contributed by atoms with E-state index in [1.165, 1.54) is 13.1 Å². The molecule has 0 saturated heterocycles. The average molecular weight is 229 g/mol. The molecule has 3 N–H and O–H groups in total. The van der Waals surface area contributed by atoms with Crippen LogP contribution in [0.5, 0.6) is 0 Å². The van der Waals surface area contributed by atoms with Gasteiger partial charge in [0.05, 0.1) is 0 Å².